The van der Waals surface area contributed by atoms with Crippen LogP contribution in [0.15, 0.2) is 12.1 Å². The summed E-state index contributed by atoms with van der Waals surface area (Å²) in [7, 11) is 0. The number of hydrogen-bond donors (Lipinski definition) is 0. The number of rotatable bonds is 4. The van der Waals surface area contributed by atoms with Gasteiger partial charge in [-0.25, -0.2) is 0 Å². The first-order valence-corrected chi connectivity index (χ1v) is 8.09. The molecule has 1 amide bonds. The van der Waals surface area contributed by atoms with Crippen LogP contribution >= 0.6 is 11.6 Å². The topological polar surface area (TPSA) is 29.5 Å². The highest BCUT2D eigenvalue weighted by atomic mass is 35.5. The van der Waals surface area contributed by atoms with E-state index in [-0.39, 0.29) is 12.5 Å². The molecule has 1 atom stereocenters. The summed E-state index contributed by atoms with van der Waals surface area (Å²) in [6.45, 7) is 7.00. The summed E-state index contributed by atoms with van der Waals surface area (Å²) in [5.74, 6) is 0.805. The fourth-order valence-corrected chi connectivity index (χ4v) is 3.08. The number of carbonyl (C=O) groups excluding carboxylic acids is 1. The molecular formula is C17H24ClNO2. The number of halogens is 1. The Morgan fingerprint density at radius 2 is 2.00 bits per heavy atom. The van der Waals surface area contributed by atoms with Crippen LogP contribution in [0.25, 0.3) is 0 Å². The Morgan fingerprint density at radius 1 is 1.33 bits per heavy atom. The zero-order valence-electron chi connectivity index (χ0n) is 13.1. The summed E-state index contributed by atoms with van der Waals surface area (Å²) in [5.41, 5.74) is 1.95. The molecule has 2 rings (SSSR count). The van der Waals surface area contributed by atoms with Crippen molar-refractivity contribution in [3.63, 3.8) is 0 Å². The molecule has 1 unspecified atom stereocenters. The van der Waals surface area contributed by atoms with Gasteiger partial charge < -0.3 is 9.64 Å². The Balaban J connectivity index is 1.97. The van der Waals surface area contributed by atoms with E-state index in [1.807, 2.05) is 30.9 Å². The molecule has 21 heavy (non-hydrogen) atoms. The van der Waals surface area contributed by atoms with Gasteiger partial charge in [0.2, 0.25) is 0 Å². The minimum absolute atomic E-state index is 0.0896. The van der Waals surface area contributed by atoms with Gasteiger partial charge in [-0.2, -0.15) is 0 Å². The zero-order valence-corrected chi connectivity index (χ0v) is 13.9. The summed E-state index contributed by atoms with van der Waals surface area (Å²) in [5, 5.41) is 0.760. The SMILES string of the molecule is CCC1CCCCN1C(=O)COc1cc(C)c(Cl)c(C)c1. The Kier molecular flexibility index (Phi) is 5.51. The van der Waals surface area contributed by atoms with Crippen molar-refractivity contribution in [2.75, 3.05) is 13.2 Å². The summed E-state index contributed by atoms with van der Waals surface area (Å²) in [6.07, 6.45) is 4.45. The molecule has 116 valence electrons. The van der Waals surface area contributed by atoms with Crippen molar-refractivity contribution in [3.05, 3.63) is 28.3 Å². The molecular weight excluding hydrogens is 286 g/mol. The van der Waals surface area contributed by atoms with Gasteiger partial charge in [-0.1, -0.05) is 18.5 Å². The molecule has 0 aromatic heterocycles. The predicted octanol–water partition coefficient (Wildman–Crippen LogP) is 4.13. The van der Waals surface area contributed by atoms with Gasteiger partial charge in [-0.15, -0.1) is 0 Å². The average Bonchev–Trinajstić information content (AvgIpc) is 2.50. The first-order chi connectivity index (χ1) is 10.0. The van der Waals surface area contributed by atoms with Crippen molar-refractivity contribution in [2.45, 2.75) is 52.5 Å². The number of carbonyl (C=O) groups is 1. The Labute approximate surface area is 132 Å². The molecule has 0 aliphatic carbocycles. The predicted molar refractivity (Wildman–Crippen MR) is 86.1 cm³/mol. The van der Waals surface area contributed by atoms with E-state index >= 15 is 0 Å². The maximum absolute atomic E-state index is 12.4. The van der Waals surface area contributed by atoms with Crippen LogP contribution < -0.4 is 4.74 Å². The summed E-state index contributed by atoms with van der Waals surface area (Å²) < 4.78 is 5.68. The van der Waals surface area contributed by atoms with E-state index in [0.29, 0.717) is 11.8 Å². The lowest BCUT2D eigenvalue weighted by atomic mass is 10.00. The first kappa shape index (κ1) is 16.2. The third-order valence-electron chi connectivity index (χ3n) is 4.19. The molecule has 0 bridgehead atoms. The second-order valence-electron chi connectivity index (χ2n) is 5.80. The lowest BCUT2D eigenvalue weighted by Crippen LogP contribution is -2.45. The van der Waals surface area contributed by atoms with Gasteiger partial charge in [0.1, 0.15) is 5.75 Å². The Bertz CT molecular complexity index is 493. The number of hydrogen-bond acceptors (Lipinski definition) is 2. The van der Waals surface area contributed by atoms with E-state index in [2.05, 4.69) is 6.92 Å². The maximum atomic E-state index is 12.4. The molecule has 1 aromatic rings. The molecule has 1 saturated heterocycles. The zero-order chi connectivity index (χ0) is 15.4. The summed E-state index contributed by atoms with van der Waals surface area (Å²) >= 11 is 6.14. The molecule has 0 N–H and O–H groups in total. The van der Waals surface area contributed by atoms with Crippen LogP contribution in [-0.2, 0) is 4.79 Å². The molecule has 0 radical (unpaired) electrons. The normalized spacial score (nSPS) is 18.7. The highest BCUT2D eigenvalue weighted by Gasteiger charge is 2.25. The minimum Gasteiger partial charge on any atom is -0.484 e. The van der Waals surface area contributed by atoms with E-state index in [1.54, 1.807) is 0 Å². The molecule has 4 heteroatoms. The standard InChI is InChI=1S/C17H24ClNO2/c1-4-14-7-5-6-8-19(14)16(20)11-21-15-9-12(2)17(18)13(3)10-15/h9-10,14H,4-8,11H2,1-3H3. The van der Waals surface area contributed by atoms with Crippen molar-refractivity contribution < 1.29 is 9.53 Å². The quantitative estimate of drug-likeness (QED) is 0.837. The number of ether oxygens (including phenoxy) is 1. The summed E-state index contributed by atoms with van der Waals surface area (Å²) in [6, 6.07) is 4.15. The Hall–Kier alpha value is -1.22. The largest absolute Gasteiger partial charge is 0.484 e. The second-order valence-corrected chi connectivity index (χ2v) is 6.18. The van der Waals surface area contributed by atoms with Gasteiger partial charge in [0.15, 0.2) is 6.61 Å². The molecule has 1 heterocycles. The Morgan fingerprint density at radius 3 is 2.62 bits per heavy atom. The van der Waals surface area contributed by atoms with Gasteiger partial charge >= 0.3 is 0 Å². The van der Waals surface area contributed by atoms with E-state index in [4.69, 9.17) is 16.3 Å². The average molecular weight is 310 g/mol. The lowest BCUT2D eigenvalue weighted by molar-refractivity contribution is -0.137. The molecule has 1 aliphatic rings. The molecule has 1 aliphatic heterocycles. The smallest absolute Gasteiger partial charge is 0.260 e. The highest BCUT2D eigenvalue weighted by molar-refractivity contribution is 6.32. The van der Waals surface area contributed by atoms with Crippen LogP contribution in [0.1, 0.15) is 43.7 Å². The molecule has 0 saturated carbocycles. The van der Waals surface area contributed by atoms with Crippen molar-refractivity contribution in [1.82, 2.24) is 4.90 Å². The van der Waals surface area contributed by atoms with Crippen LogP contribution in [0.3, 0.4) is 0 Å². The number of nitrogens with zero attached hydrogens (tertiary/aromatic N) is 1. The molecule has 1 aromatic carbocycles. The third kappa shape index (κ3) is 3.91. The van der Waals surface area contributed by atoms with Gasteiger partial charge in [0.25, 0.3) is 5.91 Å². The highest BCUT2D eigenvalue weighted by Crippen LogP contribution is 2.26. The molecule has 3 nitrogen and oxygen atoms in total. The van der Waals surface area contributed by atoms with Gasteiger partial charge in [0.05, 0.1) is 0 Å². The van der Waals surface area contributed by atoms with E-state index in [1.165, 1.54) is 6.42 Å². The van der Waals surface area contributed by atoms with Crippen molar-refractivity contribution in [2.24, 2.45) is 0 Å². The molecule has 1 fully saturated rings. The van der Waals surface area contributed by atoms with Crippen LogP contribution in [0.4, 0.5) is 0 Å². The minimum atomic E-state index is 0.0896. The van der Waals surface area contributed by atoms with Crippen LogP contribution in [0.5, 0.6) is 5.75 Å². The van der Waals surface area contributed by atoms with Gasteiger partial charge in [0, 0.05) is 17.6 Å². The number of piperidine rings is 1. The lowest BCUT2D eigenvalue weighted by Gasteiger charge is -2.35. The van der Waals surface area contributed by atoms with E-state index in [0.717, 1.165) is 42.0 Å². The summed E-state index contributed by atoms with van der Waals surface area (Å²) in [4.78, 5) is 14.3. The number of amides is 1. The van der Waals surface area contributed by atoms with Gasteiger partial charge in [-0.3, -0.25) is 4.79 Å². The fourth-order valence-electron chi connectivity index (χ4n) is 2.97. The number of likely N-dealkylation sites (tertiary alicyclic amines) is 1. The monoisotopic (exact) mass is 309 g/mol. The molecule has 0 spiro atoms. The van der Waals surface area contributed by atoms with Crippen molar-refractivity contribution in [3.8, 4) is 5.75 Å². The van der Waals surface area contributed by atoms with Crippen LogP contribution in [0, 0.1) is 13.8 Å². The number of aryl methyl sites for hydroxylation is 2. The van der Waals surface area contributed by atoms with E-state index < -0.39 is 0 Å². The van der Waals surface area contributed by atoms with E-state index in [9.17, 15) is 4.79 Å². The van der Waals surface area contributed by atoms with Gasteiger partial charge in [-0.05, 0) is 62.8 Å². The second kappa shape index (κ2) is 7.17. The third-order valence-corrected chi connectivity index (χ3v) is 4.79. The fraction of sp³-hybridized carbons (Fsp3) is 0.588. The van der Waals surface area contributed by atoms with Crippen molar-refractivity contribution in [1.29, 1.82) is 0 Å². The number of benzene rings is 1. The maximum Gasteiger partial charge on any atom is 0.260 e. The van der Waals surface area contributed by atoms with Crippen LogP contribution in [-0.4, -0.2) is 30.0 Å². The van der Waals surface area contributed by atoms with Crippen molar-refractivity contribution >= 4 is 17.5 Å². The first-order valence-electron chi connectivity index (χ1n) is 7.72. The van der Waals surface area contributed by atoms with Crippen LogP contribution in [0.2, 0.25) is 5.02 Å².